The predicted octanol–water partition coefficient (Wildman–Crippen LogP) is 4.36. The zero-order valence-corrected chi connectivity index (χ0v) is 22.1. The molecule has 1 atom stereocenters. The summed E-state index contributed by atoms with van der Waals surface area (Å²) < 4.78 is 41.8. The van der Waals surface area contributed by atoms with Crippen LogP contribution in [-0.2, 0) is 19.6 Å². The first-order valence-electron chi connectivity index (χ1n) is 11.6. The number of halogens is 2. The lowest BCUT2D eigenvalue weighted by Gasteiger charge is -2.26. The van der Waals surface area contributed by atoms with Crippen LogP contribution in [-0.4, -0.2) is 43.4 Å². The molecule has 0 aliphatic carbocycles. The van der Waals surface area contributed by atoms with Gasteiger partial charge in [0.05, 0.1) is 38.0 Å². The highest BCUT2D eigenvalue weighted by Crippen LogP contribution is 2.37. The molecule has 2 amide bonds. The molecule has 0 spiro atoms. The summed E-state index contributed by atoms with van der Waals surface area (Å²) >= 11 is 7.14. The van der Waals surface area contributed by atoms with E-state index in [9.17, 15) is 27.7 Å². The Hall–Kier alpha value is -2.91. The first-order chi connectivity index (χ1) is 17.7. The van der Waals surface area contributed by atoms with Crippen molar-refractivity contribution < 1.29 is 22.4 Å². The van der Waals surface area contributed by atoms with E-state index in [0.29, 0.717) is 13.1 Å². The van der Waals surface area contributed by atoms with Crippen molar-refractivity contribution in [3.8, 4) is 6.07 Å². The van der Waals surface area contributed by atoms with Crippen LogP contribution in [0.2, 0.25) is 5.02 Å². The van der Waals surface area contributed by atoms with Crippen LogP contribution in [0.25, 0.3) is 0 Å². The normalized spacial score (nSPS) is 18.7. The fraction of sp³-hybridized carbons (Fsp3) is 0.320. The zero-order chi connectivity index (χ0) is 26.6. The van der Waals surface area contributed by atoms with E-state index in [1.165, 1.54) is 40.7 Å². The van der Waals surface area contributed by atoms with Gasteiger partial charge in [-0.25, -0.2) is 12.8 Å². The maximum absolute atomic E-state index is 14.4. The van der Waals surface area contributed by atoms with Crippen LogP contribution < -0.4 is 10.6 Å². The molecule has 0 aromatic heterocycles. The van der Waals surface area contributed by atoms with Gasteiger partial charge in [0.2, 0.25) is 21.8 Å². The summed E-state index contributed by atoms with van der Waals surface area (Å²) in [6, 6.07) is 12.1. The molecule has 1 saturated heterocycles. The number of benzene rings is 2. The maximum atomic E-state index is 14.4. The number of rotatable bonds is 7. The molecular formula is C25H24ClFN4O4S2. The fourth-order valence-electron chi connectivity index (χ4n) is 4.30. The number of nitriles is 1. The van der Waals surface area contributed by atoms with Crippen molar-refractivity contribution in [2.75, 3.05) is 24.2 Å². The lowest BCUT2D eigenvalue weighted by Crippen LogP contribution is -2.35. The van der Waals surface area contributed by atoms with Crippen LogP contribution in [0.5, 0.6) is 0 Å². The Labute approximate surface area is 223 Å². The number of sulfonamides is 1. The van der Waals surface area contributed by atoms with E-state index in [1.54, 1.807) is 6.07 Å². The van der Waals surface area contributed by atoms with Crippen molar-refractivity contribution in [3.05, 3.63) is 69.5 Å². The molecule has 194 valence electrons. The summed E-state index contributed by atoms with van der Waals surface area (Å²) in [5.41, 5.74) is 0.530. The van der Waals surface area contributed by atoms with E-state index in [-0.39, 0.29) is 43.9 Å². The SMILES string of the molecule is N#CC1=C(SCC(=O)Nc2cc(S(=O)(=O)N3CCCCC3)ccc2Cl)NC(=O)C[C@@H]1c1ccccc1F. The Balaban J connectivity index is 1.49. The maximum Gasteiger partial charge on any atom is 0.243 e. The van der Waals surface area contributed by atoms with Gasteiger partial charge in [-0.05, 0) is 42.7 Å². The number of nitrogens with one attached hydrogen (secondary N) is 2. The van der Waals surface area contributed by atoms with Crippen LogP contribution >= 0.6 is 23.4 Å². The number of piperidine rings is 1. The van der Waals surface area contributed by atoms with E-state index in [4.69, 9.17) is 11.6 Å². The third-order valence-corrected chi connectivity index (χ3v) is 9.39. The first kappa shape index (κ1) is 27.1. The summed E-state index contributed by atoms with van der Waals surface area (Å²) in [5.74, 6) is -2.41. The molecule has 37 heavy (non-hydrogen) atoms. The van der Waals surface area contributed by atoms with E-state index in [1.807, 2.05) is 6.07 Å². The Bertz CT molecular complexity index is 1400. The van der Waals surface area contributed by atoms with Gasteiger partial charge in [-0.2, -0.15) is 9.57 Å². The van der Waals surface area contributed by atoms with Gasteiger partial charge in [0.25, 0.3) is 0 Å². The lowest BCUT2D eigenvalue weighted by atomic mass is 9.87. The number of amides is 2. The number of thioether (sulfide) groups is 1. The minimum absolute atomic E-state index is 0.0310. The van der Waals surface area contributed by atoms with Gasteiger partial charge in [0, 0.05) is 25.4 Å². The molecule has 0 radical (unpaired) electrons. The van der Waals surface area contributed by atoms with Crippen molar-refractivity contribution in [2.24, 2.45) is 0 Å². The third kappa shape index (κ3) is 6.15. The molecule has 2 N–H and O–H groups in total. The van der Waals surface area contributed by atoms with Gasteiger partial charge >= 0.3 is 0 Å². The third-order valence-electron chi connectivity index (χ3n) is 6.15. The zero-order valence-electron chi connectivity index (χ0n) is 19.7. The lowest BCUT2D eigenvalue weighted by molar-refractivity contribution is -0.121. The number of hydrogen-bond acceptors (Lipinski definition) is 6. The number of nitrogens with zero attached hydrogens (tertiary/aromatic N) is 2. The predicted molar refractivity (Wildman–Crippen MR) is 140 cm³/mol. The largest absolute Gasteiger partial charge is 0.324 e. The monoisotopic (exact) mass is 562 g/mol. The first-order valence-corrected chi connectivity index (χ1v) is 14.4. The van der Waals surface area contributed by atoms with Crippen molar-refractivity contribution in [1.29, 1.82) is 5.26 Å². The van der Waals surface area contributed by atoms with E-state index in [0.717, 1.165) is 31.0 Å². The Kier molecular flexibility index (Phi) is 8.54. The van der Waals surface area contributed by atoms with Gasteiger partial charge in [0.15, 0.2) is 0 Å². The van der Waals surface area contributed by atoms with Crippen LogP contribution in [0.1, 0.15) is 37.2 Å². The summed E-state index contributed by atoms with van der Waals surface area (Å²) in [7, 11) is -3.72. The minimum atomic E-state index is -3.72. The fourth-order valence-corrected chi connectivity index (χ4v) is 6.88. The molecular weight excluding hydrogens is 539 g/mol. The highest BCUT2D eigenvalue weighted by molar-refractivity contribution is 8.03. The van der Waals surface area contributed by atoms with Gasteiger partial charge in [0.1, 0.15) is 5.82 Å². The molecule has 2 aliphatic heterocycles. The second-order valence-electron chi connectivity index (χ2n) is 8.62. The van der Waals surface area contributed by atoms with Gasteiger partial charge in [-0.15, -0.1) is 0 Å². The number of carbonyl (C=O) groups excluding carboxylic acids is 2. The van der Waals surface area contributed by atoms with Gasteiger partial charge in [-0.3, -0.25) is 9.59 Å². The summed E-state index contributed by atoms with van der Waals surface area (Å²) in [4.78, 5) is 25.1. The number of carbonyl (C=O) groups is 2. The Morgan fingerprint density at radius 3 is 2.65 bits per heavy atom. The van der Waals surface area contributed by atoms with Crippen LogP contribution in [0.4, 0.5) is 10.1 Å². The Morgan fingerprint density at radius 1 is 1.22 bits per heavy atom. The average molecular weight is 563 g/mol. The van der Waals surface area contributed by atoms with Crippen LogP contribution in [0.3, 0.4) is 0 Å². The molecule has 12 heteroatoms. The average Bonchev–Trinajstić information content (AvgIpc) is 2.89. The summed E-state index contributed by atoms with van der Waals surface area (Å²) in [6.45, 7) is 0.887. The van der Waals surface area contributed by atoms with Gasteiger partial charge in [-0.1, -0.05) is 48.0 Å². The standard InChI is InChI=1S/C25H24ClFN4O4S2/c26-20-9-8-16(37(34,35)31-10-4-1-5-11-31)12-22(20)29-24(33)15-36-25-19(14-28)18(13-23(32)30-25)17-6-2-3-7-21(17)27/h2-3,6-9,12,18H,1,4-5,10-11,13,15H2,(H,29,33)(H,30,32)/t18-/m1/s1. The smallest absolute Gasteiger partial charge is 0.243 e. The topological polar surface area (TPSA) is 119 Å². The molecule has 2 aliphatic rings. The van der Waals surface area contributed by atoms with Crippen molar-refractivity contribution >= 4 is 50.9 Å². The number of allylic oxidation sites excluding steroid dienone is 1. The molecule has 2 aromatic rings. The summed E-state index contributed by atoms with van der Waals surface area (Å²) in [6.07, 6.45) is 2.48. The molecule has 1 fully saturated rings. The van der Waals surface area contributed by atoms with Gasteiger partial charge < -0.3 is 10.6 Å². The quantitative estimate of drug-likeness (QED) is 0.517. The minimum Gasteiger partial charge on any atom is -0.324 e. The van der Waals surface area contributed by atoms with Crippen molar-refractivity contribution in [2.45, 2.75) is 36.5 Å². The number of anilines is 1. The molecule has 2 aromatic carbocycles. The van der Waals surface area contributed by atoms with Crippen molar-refractivity contribution in [1.82, 2.24) is 9.62 Å². The molecule has 8 nitrogen and oxygen atoms in total. The van der Waals surface area contributed by atoms with Crippen molar-refractivity contribution in [3.63, 3.8) is 0 Å². The second kappa shape index (κ2) is 11.6. The van der Waals surface area contributed by atoms with E-state index >= 15 is 0 Å². The molecule has 0 bridgehead atoms. The van der Waals surface area contributed by atoms with Crippen LogP contribution in [0.15, 0.2) is 58.0 Å². The molecule has 4 rings (SSSR count). The molecule has 0 saturated carbocycles. The summed E-state index contributed by atoms with van der Waals surface area (Å²) in [5, 5.41) is 15.3. The highest BCUT2D eigenvalue weighted by Gasteiger charge is 2.31. The highest BCUT2D eigenvalue weighted by atomic mass is 35.5. The number of hydrogen-bond donors (Lipinski definition) is 2. The second-order valence-corrected chi connectivity index (χ2v) is 12.0. The Morgan fingerprint density at radius 2 is 1.95 bits per heavy atom. The van der Waals surface area contributed by atoms with E-state index < -0.39 is 33.6 Å². The molecule has 2 heterocycles. The molecule has 0 unspecified atom stereocenters. The van der Waals surface area contributed by atoms with E-state index in [2.05, 4.69) is 10.6 Å². The van der Waals surface area contributed by atoms with Crippen LogP contribution in [0, 0.1) is 17.1 Å².